The Balaban J connectivity index is 1.58. The van der Waals surface area contributed by atoms with E-state index in [-0.39, 0.29) is 5.91 Å². The summed E-state index contributed by atoms with van der Waals surface area (Å²) in [6.07, 6.45) is 2.08. The van der Waals surface area contributed by atoms with Gasteiger partial charge in [0, 0.05) is 10.6 Å². The molecule has 4 nitrogen and oxygen atoms in total. The maximum absolute atomic E-state index is 11.9. The number of benzene rings is 1. The molecule has 0 fully saturated rings. The van der Waals surface area contributed by atoms with Crippen LogP contribution in [0.5, 0.6) is 0 Å². The number of carbonyl (C=O) groups is 1. The van der Waals surface area contributed by atoms with Crippen molar-refractivity contribution in [3.05, 3.63) is 71.1 Å². The highest BCUT2D eigenvalue weighted by molar-refractivity contribution is 7.10. The van der Waals surface area contributed by atoms with Crippen LogP contribution in [0.2, 0.25) is 0 Å². The Morgan fingerprint density at radius 3 is 2.55 bits per heavy atom. The molecule has 2 aromatic heterocycles. The number of aromatic nitrogens is 1. The van der Waals surface area contributed by atoms with Crippen molar-refractivity contribution >= 4 is 34.4 Å². The monoisotopic (exact) mass is 309 g/mol. The summed E-state index contributed by atoms with van der Waals surface area (Å²) in [5.74, 6) is 0.499. The van der Waals surface area contributed by atoms with Crippen molar-refractivity contribution in [1.82, 2.24) is 4.98 Å². The summed E-state index contributed by atoms with van der Waals surface area (Å²) in [6, 6.07) is 17.4. The van der Waals surface area contributed by atoms with Crippen LogP contribution in [-0.2, 0) is 11.2 Å². The van der Waals surface area contributed by atoms with Gasteiger partial charge in [-0.1, -0.05) is 24.3 Å². The van der Waals surface area contributed by atoms with Gasteiger partial charge in [0.1, 0.15) is 5.82 Å². The molecule has 0 spiro atoms. The Bertz CT molecular complexity index is 724. The summed E-state index contributed by atoms with van der Waals surface area (Å²) in [4.78, 5) is 17.2. The number of nitrogens with one attached hydrogen (secondary N) is 2. The molecule has 3 rings (SSSR count). The molecule has 5 heteroatoms. The SMILES string of the molecule is O=C(Cc1cccs1)Nc1ccc(Nc2ccccc2)cn1. The fourth-order valence-electron chi connectivity index (χ4n) is 1.99. The minimum Gasteiger partial charge on any atom is -0.354 e. The second-order valence-corrected chi connectivity index (χ2v) is 5.76. The number of hydrogen-bond donors (Lipinski definition) is 2. The van der Waals surface area contributed by atoms with Gasteiger partial charge in [0.05, 0.1) is 18.3 Å². The normalized spacial score (nSPS) is 10.2. The van der Waals surface area contributed by atoms with Gasteiger partial charge in [0.2, 0.25) is 5.91 Å². The zero-order chi connectivity index (χ0) is 15.2. The molecule has 2 N–H and O–H groups in total. The molecule has 1 aromatic carbocycles. The van der Waals surface area contributed by atoms with Crippen LogP contribution in [0, 0.1) is 0 Å². The van der Waals surface area contributed by atoms with Gasteiger partial charge in [-0.2, -0.15) is 0 Å². The number of anilines is 3. The lowest BCUT2D eigenvalue weighted by Gasteiger charge is -2.07. The standard InChI is InChI=1S/C17H15N3OS/c21-17(11-15-7-4-10-22-15)20-16-9-8-14(12-18-16)19-13-5-2-1-3-6-13/h1-10,12,19H,11H2,(H,18,20,21). The fourth-order valence-corrected chi connectivity index (χ4v) is 2.69. The zero-order valence-corrected chi connectivity index (χ0v) is 12.6. The highest BCUT2D eigenvalue weighted by atomic mass is 32.1. The first kappa shape index (κ1) is 14.3. The van der Waals surface area contributed by atoms with Gasteiger partial charge in [0.25, 0.3) is 0 Å². The lowest BCUT2D eigenvalue weighted by atomic mass is 10.3. The highest BCUT2D eigenvalue weighted by Crippen LogP contribution is 2.17. The Hall–Kier alpha value is -2.66. The minimum atomic E-state index is -0.0567. The first-order valence-corrected chi connectivity index (χ1v) is 7.78. The molecule has 0 bridgehead atoms. The predicted molar refractivity (Wildman–Crippen MR) is 90.6 cm³/mol. The van der Waals surface area contributed by atoms with Crippen molar-refractivity contribution in [2.75, 3.05) is 10.6 Å². The predicted octanol–water partition coefficient (Wildman–Crippen LogP) is 4.07. The van der Waals surface area contributed by atoms with Gasteiger partial charge < -0.3 is 10.6 Å². The second-order valence-electron chi connectivity index (χ2n) is 4.73. The number of nitrogens with zero attached hydrogens (tertiary/aromatic N) is 1. The van der Waals surface area contributed by atoms with E-state index in [9.17, 15) is 4.79 Å². The zero-order valence-electron chi connectivity index (χ0n) is 11.8. The minimum absolute atomic E-state index is 0.0567. The van der Waals surface area contributed by atoms with Crippen LogP contribution in [0.3, 0.4) is 0 Å². The summed E-state index contributed by atoms with van der Waals surface area (Å²) in [7, 11) is 0. The number of para-hydroxylation sites is 1. The Labute approximate surface area is 132 Å². The van der Waals surface area contributed by atoms with Crippen LogP contribution < -0.4 is 10.6 Å². The maximum atomic E-state index is 11.9. The van der Waals surface area contributed by atoms with Gasteiger partial charge >= 0.3 is 0 Å². The lowest BCUT2D eigenvalue weighted by Crippen LogP contribution is -2.14. The lowest BCUT2D eigenvalue weighted by molar-refractivity contribution is -0.115. The van der Waals surface area contributed by atoms with Gasteiger partial charge in [-0.15, -0.1) is 11.3 Å². The summed E-state index contributed by atoms with van der Waals surface area (Å²) in [6.45, 7) is 0. The van der Waals surface area contributed by atoms with Crippen molar-refractivity contribution in [3.63, 3.8) is 0 Å². The summed E-state index contributed by atoms with van der Waals surface area (Å²) in [5.41, 5.74) is 1.88. The Morgan fingerprint density at radius 2 is 1.86 bits per heavy atom. The van der Waals surface area contributed by atoms with Gasteiger partial charge in [0.15, 0.2) is 0 Å². The first-order chi connectivity index (χ1) is 10.8. The molecule has 0 saturated heterocycles. The van der Waals surface area contributed by atoms with E-state index in [1.54, 1.807) is 23.6 Å². The number of carbonyl (C=O) groups excluding carboxylic acids is 1. The van der Waals surface area contributed by atoms with Crippen LogP contribution in [-0.4, -0.2) is 10.9 Å². The smallest absolute Gasteiger partial charge is 0.230 e. The van der Waals surface area contributed by atoms with Crippen LogP contribution in [0.4, 0.5) is 17.2 Å². The molecule has 0 aliphatic rings. The largest absolute Gasteiger partial charge is 0.354 e. The van der Waals surface area contributed by atoms with Gasteiger partial charge in [-0.25, -0.2) is 4.98 Å². The third kappa shape index (κ3) is 3.93. The van der Waals surface area contributed by atoms with Crippen molar-refractivity contribution in [3.8, 4) is 0 Å². The first-order valence-electron chi connectivity index (χ1n) is 6.90. The summed E-state index contributed by atoms with van der Waals surface area (Å²) >= 11 is 1.57. The molecule has 0 aliphatic carbocycles. The molecule has 1 amide bonds. The Morgan fingerprint density at radius 1 is 1.00 bits per heavy atom. The van der Waals surface area contributed by atoms with Gasteiger partial charge in [-0.05, 0) is 35.7 Å². The second kappa shape index (κ2) is 6.87. The van der Waals surface area contributed by atoms with Crippen molar-refractivity contribution in [2.24, 2.45) is 0 Å². The van der Waals surface area contributed by atoms with E-state index >= 15 is 0 Å². The quantitative estimate of drug-likeness (QED) is 0.747. The van der Waals surface area contributed by atoms with Crippen LogP contribution in [0.25, 0.3) is 0 Å². The number of pyridine rings is 1. The number of thiophene rings is 1. The average molecular weight is 309 g/mol. The van der Waals surface area contributed by atoms with E-state index in [4.69, 9.17) is 0 Å². The van der Waals surface area contributed by atoms with E-state index < -0.39 is 0 Å². The molecule has 22 heavy (non-hydrogen) atoms. The molecule has 0 aliphatic heterocycles. The van der Waals surface area contributed by atoms with Crippen LogP contribution >= 0.6 is 11.3 Å². The third-order valence-electron chi connectivity index (χ3n) is 3.01. The van der Waals surface area contributed by atoms with Crippen molar-refractivity contribution in [1.29, 1.82) is 0 Å². The van der Waals surface area contributed by atoms with E-state index in [0.717, 1.165) is 16.3 Å². The molecular formula is C17H15N3OS. The van der Waals surface area contributed by atoms with Gasteiger partial charge in [-0.3, -0.25) is 4.79 Å². The molecule has 0 unspecified atom stereocenters. The number of hydrogen-bond acceptors (Lipinski definition) is 4. The Kier molecular flexibility index (Phi) is 4.46. The average Bonchev–Trinajstić information content (AvgIpc) is 3.03. The third-order valence-corrected chi connectivity index (χ3v) is 3.88. The van der Waals surface area contributed by atoms with E-state index in [1.165, 1.54) is 0 Å². The van der Waals surface area contributed by atoms with Crippen LogP contribution in [0.1, 0.15) is 4.88 Å². The summed E-state index contributed by atoms with van der Waals surface area (Å²) in [5, 5.41) is 8.01. The van der Waals surface area contributed by atoms with Crippen LogP contribution in [0.15, 0.2) is 66.2 Å². The molecule has 0 radical (unpaired) electrons. The summed E-state index contributed by atoms with van der Waals surface area (Å²) < 4.78 is 0. The molecule has 3 aromatic rings. The van der Waals surface area contributed by atoms with Crippen molar-refractivity contribution < 1.29 is 4.79 Å². The maximum Gasteiger partial charge on any atom is 0.230 e. The molecule has 110 valence electrons. The van der Waals surface area contributed by atoms with Crippen molar-refractivity contribution in [2.45, 2.75) is 6.42 Å². The topological polar surface area (TPSA) is 54.0 Å². The molecule has 0 atom stereocenters. The van der Waals surface area contributed by atoms with E-state index in [2.05, 4.69) is 15.6 Å². The molecule has 2 heterocycles. The molecular weight excluding hydrogens is 294 g/mol. The van der Waals surface area contributed by atoms with E-state index in [1.807, 2.05) is 53.9 Å². The highest BCUT2D eigenvalue weighted by Gasteiger charge is 2.05. The van der Waals surface area contributed by atoms with E-state index in [0.29, 0.717) is 12.2 Å². The number of amides is 1. The fraction of sp³-hybridized carbons (Fsp3) is 0.0588. The molecule has 0 saturated carbocycles. The number of rotatable bonds is 5.